The van der Waals surface area contributed by atoms with E-state index >= 15 is 0 Å². The van der Waals surface area contributed by atoms with Crippen LogP contribution in [0.1, 0.15) is 16.7 Å². The van der Waals surface area contributed by atoms with Crippen LogP contribution >= 0.6 is 23.4 Å². The van der Waals surface area contributed by atoms with Crippen LogP contribution in [0, 0.1) is 19.7 Å². The average molecular weight is 455 g/mol. The summed E-state index contributed by atoms with van der Waals surface area (Å²) in [5, 5.41) is 3.91. The Morgan fingerprint density at radius 3 is 2.71 bits per heavy atom. The molecule has 158 valence electrons. The fourth-order valence-electron chi connectivity index (χ4n) is 3.41. The number of nitrogens with zero attached hydrogens (tertiary/aromatic N) is 3. The highest BCUT2D eigenvalue weighted by molar-refractivity contribution is 7.98. The zero-order valence-electron chi connectivity index (χ0n) is 17.0. The van der Waals surface area contributed by atoms with E-state index in [4.69, 9.17) is 11.6 Å². The van der Waals surface area contributed by atoms with Crippen LogP contribution in [0.5, 0.6) is 0 Å². The molecule has 0 fully saturated rings. The number of pyridine rings is 1. The summed E-state index contributed by atoms with van der Waals surface area (Å²) in [6.07, 6.45) is 3.32. The number of carbonyl (C=O) groups is 1. The minimum absolute atomic E-state index is 0.0581. The molecule has 1 amide bonds. The molecule has 0 atom stereocenters. The number of carbonyl (C=O) groups excluding carboxylic acids is 1. The molecular formula is C23H20ClFN4OS. The highest BCUT2D eigenvalue weighted by Crippen LogP contribution is 2.30. The molecule has 0 radical (unpaired) electrons. The van der Waals surface area contributed by atoms with Crippen LogP contribution in [0.3, 0.4) is 0 Å². The van der Waals surface area contributed by atoms with Crippen molar-refractivity contribution in [1.82, 2.24) is 14.5 Å². The predicted octanol–water partition coefficient (Wildman–Crippen LogP) is 5.77. The lowest BCUT2D eigenvalue weighted by Crippen LogP contribution is -2.19. The maximum Gasteiger partial charge on any atom is 0.244 e. The Bertz CT molecular complexity index is 1230. The van der Waals surface area contributed by atoms with Crippen LogP contribution in [-0.2, 0) is 17.1 Å². The van der Waals surface area contributed by atoms with Gasteiger partial charge < -0.3 is 9.88 Å². The molecule has 0 unspecified atom stereocenters. The van der Waals surface area contributed by atoms with Crippen molar-refractivity contribution in [2.24, 2.45) is 0 Å². The molecule has 0 spiro atoms. The predicted molar refractivity (Wildman–Crippen MR) is 123 cm³/mol. The van der Waals surface area contributed by atoms with Gasteiger partial charge >= 0.3 is 0 Å². The van der Waals surface area contributed by atoms with Gasteiger partial charge in [-0.3, -0.25) is 9.78 Å². The number of thioether (sulfide) groups is 1. The minimum Gasteiger partial charge on any atom is -0.325 e. The van der Waals surface area contributed by atoms with E-state index in [0.717, 1.165) is 27.8 Å². The van der Waals surface area contributed by atoms with Gasteiger partial charge in [0.1, 0.15) is 12.4 Å². The van der Waals surface area contributed by atoms with Gasteiger partial charge in [-0.25, -0.2) is 9.37 Å². The van der Waals surface area contributed by atoms with Gasteiger partial charge in [0, 0.05) is 28.2 Å². The van der Waals surface area contributed by atoms with Crippen molar-refractivity contribution in [3.63, 3.8) is 0 Å². The molecular weight excluding hydrogens is 435 g/mol. The number of aromatic nitrogens is 3. The molecule has 2 aromatic carbocycles. The molecule has 2 aromatic heterocycles. The van der Waals surface area contributed by atoms with Crippen LogP contribution in [-0.4, -0.2) is 20.4 Å². The van der Waals surface area contributed by atoms with Crippen molar-refractivity contribution < 1.29 is 9.18 Å². The summed E-state index contributed by atoms with van der Waals surface area (Å²) in [5.41, 5.74) is 4.76. The first-order valence-corrected chi connectivity index (χ1v) is 11.0. The summed E-state index contributed by atoms with van der Waals surface area (Å²) >= 11 is 7.49. The normalized spacial score (nSPS) is 11.1. The molecule has 0 aliphatic rings. The van der Waals surface area contributed by atoms with E-state index in [1.165, 1.54) is 17.8 Å². The van der Waals surface area contributed by atoms with E-state index in [2.05, 4.69) is 15.3 Å². The number of aryl methyl sites for hydroxylation is 2. The third-order valence-electron chi connectivity index (χ3n) is 4.73. The lowest BCUT2D eigenvalue weighted by molar-refractivity contribution is -0.116. The van der Waals surface area contributed by atoms with Gasteiger partial charge in [-0.2, -0.15) is 0 Å². The van der Waals surface area contributed by atoms with Crippen molar-refractivity contribution >= 4 is 46.0 Å². The topological polar surface area (TPSA) is 59.8 Å². The molecule has 0 aliphatic carbocycles. The highest BCUT2D eigenvalue weighted by Gasteiger charge is 2.16. The van der Waals surface area contributed by atoms with E-state index in [9.17, 15) is 9.18 Å². The van der Waals surface area contributed by atoms with Gasteiger partial charge in [-0.05, 0) is 55.3 Å². The maximum absolute atomic E-state index is 14.2. The molecule has 0 bridgehead atoms. The fourth-order valence-corrected chi connectivity index (χ4v) is 4.77. The van der Waals surface area contributed by atoms with Gasteiger partial charge in [0.05, 0.1) is 17.2 Å². The first-order chi connectivity index (χ1) is 14.9. The zero-order valence-corrected chi connectivity index (χ0v) is 18.6. The van der Waals surface area contributed by atoms with Crippen LogP contribution < -0.4 is 5.32 Å². The Balaban J connectivity index is 1.59. The third kappa shape index (κ3) is 4.89. The molecule has 0 aliphatic heterocycles. The molecule has 0 saturated heterocycles. The summed E-state index contributed by atoms with van der Waals surface area (Å²) < 4.78 is 16.0. The minimum atomic E-state index is -0.364. The monoisotopic (exact) mass is 454 g/mol. The summed E-state index contributed by atoms with van der Waals surface area (Å²) in [5.74, 6) is -0.253. The number of hydrogen-bond acceptors (Lipinski definition) is 4. The molecule has 8 heteroatoms. The smallest absolute Gasteiger partial charge is 0.244 e. The Hall–Kier alpha value is -2.90. The highest BCUT2D eigenvalue weighted by atomic mass is 35.5. The van der Waals surface area contributed by atoms with Crippen molar-refractivity contribution in [2.75, 3.05) is 5.32 Å². The van der Waals surface area contributed by atoms with Crippen molar-refractivity contribution in [2.45, 2.75) is 31.3 Å². The second kappa shape index (κ2) is 9.08. The van der Waals surface area contributed by atoms with Crippen molar-refractivity contribution in [3.05, 3.63) is 82.4 Å². The lowest BCUT2D eigenvalue weighted by atomic mass is 10.1. The first kappa shape index (κ1) is 21.3. The van der Waals surface area contributed by atoms with E-state index < -0.39 is 0 Å². The molecule has 5 nitrogen and oxygen atoms in total. The average Bonchev–Trinajstić information content (AvgIpc) is 3.04. The van der Waals surface area contributed by atoms with E-state index in [0.29, 0.717) is 21.5 Å². The van der Waals surface area contributed by atoms with Crippen molar-refractivity contribution in [3.8, 4) is 0 Å². The number of halogens is 2. The Kier molecular flexibility index (Phi) is 6.25. The SMILES string of the molecule is Cc1cc(C)cc(NC(=O)Cn2c(SCc3c(F)cccc3Cl)nc3ccncc32)c1. The number of imidazole rings is 1. The number of amides is 1. The van der Waals surface area contributed by atoms with Gasteiger partial charge in [0.2, 0.25) is 5.91 Å². The largest absolute Gasteiger partial charge is 0.325 e. The number of benzene rings is 2. The molecule has 31 heavy (non-hydrogen) atoms. The van der Waals surface area contributed by atoms with Gasteiger partial charge in [-0.1, -0.05) is 35.5 Å². The molecule has 0 saturated carbocycles. The van der Waals surface area contributed by atoms with E-state index in [-0.39, 0.29) is 18.3 Å². The van der Waals surface area contributed by atoms with Crippen molar-refractivity contribution in [1.29, 1.82) is 0 Å². The summed E-state index contributed by atoms with van der Waals surface area (Å²) in [6, 6.07) is 12.3. The summed E-state index contributed by atoms with van der Waals surface area (Å²) in [7, 11) is 0. The molecule has 1 N–H and O–H groups in total. The second-order valence-corrected chi connectivity index (χ2v) is 8.61. The van der Waals surface area contributed by atoms with E-state index in [1.54, 1.807) is 35.2 Å². The Labute approximate surface area is 188 Å². The van der Waals surface area contributed by atoms with E-state index in [1.807, 2.05) is 32.0 Å². The second-order valence-electron chi connectivity index (χ2n) is 7.26. The fraction of sp³-hybridized carbons (Fsp3) is 0.174. The van der Waals surface area contributed by atoms with Gasteiger partial charge in [-0.15, -0.1) is 0 Å². The van der Waals surface area contributed by atoms with Crippen LogP contribution in [0.25, 0.3) is 11.0 Å². The lowest BCUT2D eigenvalue weighted by Gasteiger charge is -2.11. The van der Waals surface area contributed by atoms with Crippen LogP contribution in [0.15, 0.2) is 60.0 Å². The molecule has 4 aromatic rings. The van der Waals surface area contributed by atoms with Crippen LogP contribution in [0.4, 0.5) is 10.1 Å². The number of nitrogens with one attached hydrogen (secondary N) is 1. The maximum atomic E-state index is 14.2. The van der Waals surface area contributed by atoms with Crippen LogP contribution in [0.2, 0.25) is 5.02 Å². The molecule has 4 rings (SSSR count). The van der Waals surface area contributed by atoms with Gasteiger partial charge in [0.25, 0.3) is 0 Å². The number of rotatable bonds is 6. The number of hydrogen-bond donors (Lipinski definition) is 1. The summed E-state index contributed by atoms with van der Waals surface area (Å²) in [6.45, 7) is 4.03. The third-order valence-corrected chi connectivity index (χ3v) is 6.09. The Morgan fingerprint density at radius 2 is 1.97 bits per heavy atom. The quantitative estimate of drug-likeness (QED) is 0.375. The standard InChI is InChI=1S/C23H20ClFN4OS/c1-14-8-15(2)10-16(9-14)27-22(30)12-29-21-11-26-7-6-20(21)28-23(29)31-13-17-18(24)4-3-5-19(17)25/h3-11H,12-13H2,1-2H3,(H,27,30). The zero-order chi connectivity index (χ0) is 22.0. The number of anilines is 1. The summed E-state index contributed by atoms with van der Waals surface area (Å²) in [4.78, 5) is 21.6. The Morgan fingerprint density at radius 1 is 1.19 bits per heavy atom. The van der Waals surface area contributed by atoms with Gasteiger partial charge in [0.15, 0.2) is 5.16 Å². The first-order valence-electron chi connectivity index (χ1n) is 9.65. The number of fused-ring (bicyclic) bond motifs is 1. The molecule has 2 heterocycles.